The summed E-state index contributed by atoms with van der Waals surface area (Å²) >= 11 is 0. The van der Waals surface area contributed by atoms with Crippen molar-refractivity contribution < 1.29 is 21.6 Å². The summed E-state index contributed by atoms with van der Waals surface area (Å²) in [7, 11) is -2.77. The van der Waals surface area contributed by atoms with E-state index in [1.807, 2.05) is 6.07 Å². The van der Waals surface area contributed by atoms with Gasteiger partial charge in [0.1, 0.15) is 11.2 Å². The standard InChI is InChI=1S/C18H18F3N9O2S/c1-28-9-13(8-24-28)25-16-23-6-2-14(26-16)15-3-7-30(27-15)17(4-5-22)10-29(11-17)33(31,32)12-18(19,20)21/h2-3,6-9H,4,10-12H2,1H3,(H,23,25,26). The SMILES string of the molecule is Cn1cc(Nc2nccc(-c3ccn(C4(CC#N)CN(S(=O)(=O)CC(F)(F)F)C4)n3)n2)cn1. The first-order valence-electron chi connectivity index (χ1n) is 9.56. The first-order valence-corrected chi connectivity index (χ1v) is 11.2. The van der Waals surface area contributed by atoms with Crippen LogP contribution in [0.4, 0.5) is 24.8 Å². The van der Waals surface area contributed by atoms with Gasteiger partial charge < -0.3 is 5.32 Å². The van der Waals surface area contributed by atoms with E-state index in [2.05, 4.69) is 25.5 Å². The zero-order chi connectivity index (χ0) is 23.9. The molecule has 3 aromatic rings. The van der Waals surface area contributed by atoms with Crippen molar-refractivity contribution in [1.29, 1.82) is 5.26 Å². The maximum Gasteiger partial charge on any atom is 0.404 e. The number of nitrogens with zero attached hydrogens (tertiary/aromatic N) is 8. The van der Waals surface area contributed by atoms with Crippen LogP contribution in [0.1, 0.15) is 6.42 Å². The van der Waals surface area contributed by atoms with Gasteiger partial charge in [-0.25, -0.2) is 18.4 Å². The molecule has 1 aliphatic heterocycles. The summed E-state index contributed by atoms with van der Waals surface area (Å²) in [4.78, 5) is 8.54. The number of nitrogens with one attached hydrogen (secondary N) is 1. The third kappa shape index (κ3) is 4.81. The van der Waals surface area contributed by atoms with E-state index in [1.165, 1.54) is 10.9 Å². The van der Waals surface area contributed by atoms with E-state index in [0.29, 0.717) is 23.0 Å². The molecule has 0 amide bonds. The molecule has 4 rings (SSSR count). The van der Waals surface area contributed by atoms with Gasteiger partial charge in [0.05, 0.1) is 30.1 Å². The molecule has 0 radical (unpaired) electrons. The average Bonchev–Trinajstić information content (AvgIpc) is 3.32. The van der Waals surface area contributed by atoms with E-state index in [9.17, 15) is 26.9 Å². The highest BCUT2D eigenvalue weighted by molar-refractivity contribution is 7.89. The molecule has 0 unspecified atom stereocenters. The van der Waals surface area contributed by atoms with E-state index in [1.54, 1.807) is 42.5 Å². The largest absolute Gasteiger partial charge is 0.404 e. The molecular formula is C18H18F3N9O2S. The minimum Gasteiger partial charge on any atom is -0.321 e. The Morgan fingerprint density at radius 2 is 2.03 bits per heavy atom. The number of halogens is 3. The number of aryl methyl sites for hydroxylation is 1. The van der Waals surface area contributed by atoms with Crippen molar-refractivity contribution in [2.75, 3.05) is 24.2 Å². The van der Waals surface area contributed by atoms with E-state index in [-0.39, 0.29) is 19.5 Å². The minimum absolute atomic E-state index is 0.121. The van der Waals surface area contributed by atoms with Crippen LogP contribution in [0.5, 0.6) is 0 Å². The zero-order valence-electron chi connectivity index (χ0n) is 17.2. The number of anilines is 2. The maximum atomic E-state index is 12.6. The number of alkyl halides is 3. The lowest BCUT2D eigenvalue weighted by molar-refractivity contribution is -0.107. The fourth-order valence-electron chi connectivity index (χ4n) is 3.49. The second-order valence-corrected chi connectivity index (χ2v) is 9.61. The molecule has 3 aromatic heterocycles. The lowest BCUT2D eigenvalue weighted by Gasteiger charge is -2.47. The predicted molar refractivity (Wildman–Crippen MR) is 109 cm³/mol. The summed E-state index contributed by atoms with van der Waals surface area (Å²) in [6.07, 6.45) is 1.46. The highest BCUT2D eigenvalue weighted by Gasteiger charge is 2.52. The third-order valence-corrected chi connectivity index (χ3v) is 6.78. The van der Waals surface area contributed by atoms with Crippen molar-refractivity contribution in [3.63, 3.8) is 0 Å². The van der Waals surface area contributed by atoms with Crippen molar-refractivity contribution in [3.8, 4) is 17.5 Å². The van der Waals surface area contributed by atoms with Crippen molar-refractivity contribution in [1.82, 2.24) is 33.8 Å². The summed E-state index contributed by atoms with van der Waals surface area (Å²) in [6, 6.07) is 5.22. The zero-order valence-corrected chi connectivity index (χ0v) is 18.0. The van der Waals surface area contributed by atoms with Gasteiger partial charge in [0.25, 0.3) is 0 Å². The van der Waals surface area contributed by atoms with Gasteiger partial charge in [-0.2, -0.15) is 32.9 Å². The van der Waals surface area contributed by atoms with Crippen LogP contribution in [0.3, 0.4) is 0 Å². The second kappa shape index (κ2) is 8.12. The lowest BCUT2D eigenvalue weighted by Crippen LogP contribution is -2.65. The predicted octanol–water partition coefficient (Wildman–Crippen LogP) is 1.63. The van der Waals surface area contributed by atoms with Gasteiger partial charge in [-0.15, -0.1) is 0 Å². The number of rotatable bonds is 7. The highest BCUT2D eigenvalue weighted by atomic mass is 32.2. The topological polar surface area (TPSA) is 135 Å². The molecule has 0 spiro atoms. The van der Waals surface area contributed by atoms with Crippen molar-refractivity contribution in [3.05, 3.63) is 36.9 Å². The summed E-state index contributed by atoms with van der Waals surface area (Å²) in [6.45, 7) is -0.560. The number of nitriles is 1. The smallest absolute Gasteiger partial charge is 0.321 e. The Balaban J connectivity index is 1.53. The van der Waals surface area contributed by atoms with Gasteiger partial charge in [0.2, 0.25) is 16.0 Å². The number of sulfonamides is 1. The van der Waals surface area contributed by atoms with Crippen molar-refractivity contribution >= 4 is 21.7 Å². The molecule has 1 N–H and O–H groups in total. The van der Waals surface area contributed by atoms with E-state index in [0.717, 1.165) is 4.31 Å². The minimum atomic E-state index is -4.85. The number of hydrogen-bond acceptors (Lipinski definition) is 8. The van der Waals surface area contributed by atoms with Crippen LogP contribution in [0.15, 0.2) is 36.9 Å². The molecule has 0 saturated carbocycles. The van der Waals surface area contributed by atoms with Gasteiger partial charge in [-0.1, -0.05) is 0 Å². The molecule has 15 heteroatoms. The molecule has 0 bridgehead atoms. The van der Waals surface area contributed by atoms with Gasteiger partial charge in [0, 0.05) is 38.7 Å². The Morgan fingerprint density at radius 3 is 2.67 bits per heavy atom. The Kier molecular flexibility index (Phi) is 5.58. The Morgan fingerprint density at radius 1 is 1.27 bits per heavy atom. The van der Waals surface area contributed by atoms with Crippen LogP contribution < -0.4 is 5.32 Å². The molecular weight excluding hydrogens is 463 g/mol. The van der Waals surface area contributed by atoms with Crippen LogP contribution in [0.2, 0.25) is 0 Å². The Labute approximate surface area is 186 Å². The molecule has 0 aromatic carbocycles. The van der Waals surface area contributed by atoms with Crippen LogP contribution in [0, 0.1) is 11.3 Å². The summed E-state index contributed by atoms with van der Waals surface area (Å²) in [5.74, 6) is -1.64. The van der Waals surface area contributed by atoms with Crippen LogP contribution in [0.25, 0.3) is 11.4 Å². The fraction of sp³-hybridized carbons (Fsp3) is 0.389. The summed E-state index contributed by atoms with van der Waals surface area (Å²) in [5, 5.41) is 20.7. The Bertz CT molecular complexity index is 1300. The van der Waals surface area contributed by atoms with Crippen LogP contribution in [-0.4, -0.2) is 67.3 Å². The molecule has 1 fully saturated rings. The first kappa shape index (κ1) is 22.7. The van der Waals surface area contributed by atoms with Gasteiger partial charge in [-0.05, 0) is 12.1 Å². The van der Waals surface area contributed by atoms with Crippen molar-refractivity contribution in [2.45, 2.75) is 18.1 Å². The number of hydrogen-bond donors (Lipinski definition) is 1. The van der Waals surface area contributed by atoms with E-state index in [4.69, 9.17) is 0 Å². The van der Waals surface area contributed by atoms with Crippen molar-refractivity contribution in [2.24, 2.45) is 7.05 Å². The second-order valence-electron chi connectivity index (χ2n) is 7.64. The average molecular weight is 481 g/mol. The molecule has 11 nitrogen and oxygen atoms in total. The van der Waals surface area contributed by atoms with Crippen LogP contribution >= 0.6 is 0 Å². The summed E-state index contributed by atoms with van der Waals surface area (Å²) in [5.41, 5.74) is 0.515. The molecule has 0 aliphatic carbocycles. The van der Waals surface area contributed by atoms with E-state index < -0.39 is 27.5 Å². The maximum absolute atomic E-state index is 12.6. The fourth-order valence-corrected chi connectivity index (χ4v) is 4.96. The van der Waals surface area contributed by atoms with E-state index >= 15 is 0 Å². The van der Waals surface area contributed by atoms with Crippen LogP contribution in [-0.2, 0) is 22.6 Å². The molecule has 1 saturated heterocycles. The molecule has 33 heavy (non-hydrogen) atoms. The Hall–Kier alpha value is -3.51. The lowest BCUT2D eigenvalue weighted by atomic mass is 9.89. The normalized spacial score (nSPS) is 16.2. The molecule has 4 heterocycles. The molecule has 0 atom stereocenters. The third-order valence-electron chi connectivity index (χ3n) is 5.04. The van der Waals surface area contributed by atoms with Gasteiger partial charge in [0.15, 0.2) is 5.75 Å². The highest BCUT2D eigenvalue weighted by Crippen LogP contribution is 2.36. The monoisotopic (exact) mass is 481 g/mol. The van der Waals surface area contributed by atoms with Gasteiger partial charge >= 0.3 is 6.18 Å². The van der Waals surface area contributed by atoms with Gasteiger partial charge in [-0.3, -0.25) is 9.36 Å². The summed E-state index contributed by atoms with van der Waals surface area (Å²) < 4.78 is 65.6. The first-order chi connectivity index (χ1) is 15.5. The number of aromatic nitrogens is 6. The molecule has 174 valence electrons. The molecule has 1 aliphatic rings. The quantitative estimate of drug-likeness (QED) is 0.538.